The standard InChI is InChI=1S/C10H19N3O/c1-7(14)12-10-5-13(6-10)4-8-2-9(11)3-8/h8-10H,2-6,11H2,1H3,(H,12,14). The third-order valence-corrected chi connectivity index (χ3v) is 3.15. The summed E-state index contributed by atoms with van der Waals surface area (Å²) >= 11 is 0. The molecule has 0 aromatic carbocycles. The first kappa shape index (κ1) is 9.93. The van der Waals surface area contributed by atoms with Gasteiger partial charge in [-0.3, -0.25) is 9.69 Å². The summed E-state index contributed by atoms with van der Waals surface area (Å²) < 4.78 is 0. The first-order valence-corrected chi connectivity index (χ1v) is 5.38. The minimum Gasteiger partial charge on any atom is -0.351 e. The zero-order valence-electron chi connectivity index (χ0n) is 8.70. The van der Waals surface area contributed by atoms with Gasteiger partial charge in [0.1, 0.15) is 0 Å². The van der Waals surface area contributed by atoms with Crippen molar-refractivity contribution in [1.29, 1.82) is 0 Å². The number of rotatable bonds is 3. The summed E-state index contributed by atoms with van der Waals surface area (Å²) in [7, 11) is 0. The van der Waals surface area contributed by atoms with Gasteiger partial charge < -0.3 is 11.1 Å². The van der Waals surface area contributed by atoms with Gasteiger partial charge in [-0.15, -0.1) is 0 Å². The molecule has 1 heterocycles. The van der Waals surface area contributed by atoms with E-state index in [0.717, 1.165) is 19.0 Å². The molecule has 0 atom stereocenters. The molecule has 2 fully saturated rings. The number of nitrogens with one attached hydrogen (secondary N) is 1. The van der Waals surface area contributed by atoms with Gasteiger partial charge in [0.15, 0.2) is 0 Å². The van der Waals surface area contributed by atoms with Gasteiger partial charge in [-0.05, 0) is 18.8 Å². The maximum absolute atomic E-state index is 10.7. The highest BCUT2D eigenvalue weighted by Gasteiger charge is 2.33. The predicted octanol–water partition coefficient (Wildman–Crippen LogP) is -0.456. The second-order valence-electron chi connectivity index (χ2n) is 4.71. The average Bonchev–Trinajstić information content (AvgIpc) is 1.96. The van der Waals surface area contributed by atoms with Gasteiger partial charge in [-0.2, -0.15) is 0 Å². The van der Waals surface area contributed by atoms with Crippen LogP contribution in [0, 0.1) is 5.92 Å². The lowest BCUT2D eigenvalue weighted by molar-refractivity contribution is -0.120. The van der Waals surface area contributed by atoms with Crippen molar-refractivity contribution in [2.75, 3.05) is 19.6 Å². The Hall–Kier alpha value is -0.610. The molecule has 80 valence electrons. The largest absolute Gasteiger partial charge is 0.351 e. The molecule has 0 aromatic rings. The Morgan fingerprint density at radius 3 is 2.64 bits per heavy atom. The number of carbonyl (C=O) groups is 1. The highest BCUT2D eigenvalue weighted by molar-refractivity contribution is 5.73. The molecule has 1 saturated carbocycles. The van der Waals surface area contributed by atoms with Crippen molar-refractivity contribution < 1.29 is 4.79 Å². The van der Waals surface area contributed by atoms with Gasteiger partial charge in [0.05, 0.1) is 6.04 Å². The summed E-state index contributed by atoms with van der Waals surface area (Å²) in [4.78, 5) is 13.1. The number of nitrogens with two attached hydrogens (primary N) is 1. The molecule has 1 aliphatic carbocycles. The Balaban J connectivity index is 1.57. The minimum absolute atomic E-state index is 0.0836. The third-order valence-electron chi connectivity index (χ3n) is 3.15. The van der Waals surface area contributed by atoms with Gasteiger partial charge in [-0.25, -0.2) is 0 Å². The van der Waals surface area contributed by atoms with E-state index in [1.807, 2.05) is 0 Å². The highest BCUT2D eigenvalue weighted by atomic mass is 16.1. The summed E-state index contributed by atoms with van der Waals surface area (Å²) in [6.45, 7) is 4.79. The van der Waals surface area contributed by atoms with Crippen molar-refractivity contribution in [3.8, 4) is 0 Å². The average molecular weight is 197 g/mol. The second kappa shape index (κ2) is 3.87. The van der Waals surface area contributed by atoms with Crippen molar-refractivity contribution in [1.82, 2.24) is 10.2 Å². The van der Waals surface area contributed by atoms with Gasteiger partial charge in [0, 0.05) is 32.6 Å². The Labute approximate surface area is 84.8 Å². The first-order valence-electron chi connectivity index (χ1n) is 5.38. The van der Waals surface area contributed by atoms with Gasteiger partial charge >= 0.3 is 0 Å². The quantitative estimate of drug-likeness (QED) is 0.644. The SMILES string of the molecule is CC(=O)NC1CN(CC2CC(N)C2)C1. The maximum atomic E-state index is 10.7. The van der Waals surface area contributed by atoms with Crippen LogP contribution < -0.4 is 11.1 Å². The van der Waals surface area contributed by atoms with Crippen LogP contribution in [0.5, 0.6) is 0 Å². The van der Waals surface area contributed by atoms with Crippen LogP contribution in [0.3, 0.4) is 0 Å². The fraction of sp³-hybridized carbons (Fsp3) is 0.900. The molecular formula is C10H19N3O. The zero-order chi connectivity index (χ0) is 10.1. The third kappa shape index (κ3) is 2.25. The molecule has 2 aliphatic rings. The summed E-state index contributed by atoms with van der Waals surface area (Å²) in [6, 6.07) is 0.841. The highest BCUT2D eigenvalue weighted by Crippen LogP contribution is 2.27. The van der Waals surface area contributed by atoms with E-state index in [4.69, 9.17) is 5.73 Å². The van der Waals surface area contributed by atoms with Gasteiger partial charge in [0.2, 0.25) is 5.91 Å². The molecule has 1 amide bonds. The van der Waals surface area contributed by atoms with Crippen LogP contribution in [0.15, 0.2) is 0 Å². The lowest BCUT2D eigenvalue weighted by Crippen LogP contribution is -2.60. The summed E-state index contributed by atoms with van der Waals surface area (Å²) in [6.07, 6.45) is 2.36. The number of likely N-dealkylation sites (tertiary alicyclic amines) is 1. The van der Waals surface area contributed by atoms with Gasteiger partial charge in [0.25, 0.3) is 0 Å². The van der Waals surface area contributed by atoms with Gasteiger partial charge in [-0.1, -0.05) is 0 Å². The minimum atomic E-state index is 0.0836. The molecular weight excluding hydrogens is 178 g/mol. The van der Waals surface area contributed by atoms with Crippen LogP contribution in [-0.2, 0) is 4.79 Å². The molecule has 14 heavy (non-hydrogen) atoms. The van der Waals surface area contributed by atoms with Crippen molar-refractivity contribution in [3.05, 3.63) is 0 Å². The fourth-order valence-electron chi connectivity index (χ4n) is 2.40. The predicted molar refractivity (Wildman–Crippen MR) is 54.7 cm³/mol. The van der Waals surface area contributed by atoms with Crippen LogP contribution in [0.2, 0.25) is 0 Å². The van der Waals surface area contributed by atoms with Crippen LogP contribution in [0.4, 0.5) is 0 Å². The molecule has 0 bridgehead atoms. The summed E-state index contributed by atoms with van der Waals surface area (Å²) in [5.74, 6) is 0.892. The first-order chi connectivity index (χ1) is 6.63. The molecule has 4 nitrogen and oxygen atoms in total. The van der Waals surface area contributed by atoms with E-state index in [9.17, 15) is 4.79 Å². The van der Waals surface area contributed by atoms with Crippen LogP contribution in [0.1, 0.15) is 19.8 Å². The number of hydrogen-bond donors (Lipinski definition) is 2. The maximum Gasteiger partial charge on any atom is 0.217 e. The molecule has 0 radical (unpaired) electrons. The van der Waals surface area contributed by atoms with E-state index >= 15 is 0 Å². The molecule has 2 rings (SSSR count). The monoisotopic (exact) mass is 197 g/mol. The van der Waals surface area contributed by atoms with Crippen LogP contribution in [-0.4, -0.2) is 42.5 Å². The van der Waals surface area contributed by atoms with Crippen molar-refractivity contribution in [2.24, 2.45) is 11.7 Å². The summed E-state index contributed by atoms with van der Waals surface area (Å²) in [5.41, 5.74) is 5.72. The van der Waals surface area contributed by atoms with E-state index in [-0.39, 0.29) is 5.91 Å². The molecule has 0 spiro atoms. The molecule has 1 aliphatic heterocycles. The van der Waals surface area contributed by atoms with Crippen LogP contribution >= 0.6 is 0 Å². The van der Waals surface area contributed by atoms with Crippen LogP contribution in [0.25, 0.3) is 0 Å². The van der Waals surface area contributed by atoms with E-state index in [1.54, 1.807) is 6.92 Å². The van der Waals surface area contributed by atoms with E-state index in [0.29, 0.717) is 12.1 Å². The molecule has 1 saturated heterocycles. The smallest absolute Gasteiger partial charge is 0.217 e. The second-order valence-corrected chi connectivity index (χ2v) is 4.71. The summed E-state index contributed by atoms with van der Waals surface area (Å²) in [5, 5.41) is 2.92. The van der Waals surface area contributed by atoms with E-state index in [2.05, 4.69) is 10.2 Å². The van der Waals surface area contributed by atoms with Crippen molar-refractivity contribution in [3.63, 3.8) is 0 Å². The number of nitrogens with zero attached hydrogens (tertiary/aromatic N) is 1. The normalized spacial score (nSPS) is 33.3. The fourth-order valence-corrected chi connectivity index (χ4v) is 2.40. The molecule has 0 aromatic heterocycles. The zero-order valence-corrected chi connectivity index (χ0v) is 8.70. The van der Waals surface area contributed by atoms with E-state index in [1.165, 1.54) is 19.4 Å². The topological polar surface area (TPSA) is 58.4 Å². The lowest BCUT2D eigenvalue weighted by atomic mass is 9.80. The number of amides is 1. The number of carbonyl (C=O) groups excluding carboxylic acids is 1. The number of hydrogen-bond acceptors (Lipinski definition) is 3. The Morgan fingerprint density at radius 2 is 2.14 bits per heavy atom. The molecule has 3 N–H and O–H groups in total. The molecule has 0 unspecified atom stereocenters. The molecule has 4 heteroatoms. The van der Waals surface area contributed by atoms with Crippen molar-refractivity contribution in [2.45, 2.75) is 31.8 Å². The van der Waals surface area contributed by atoms with E-state index < -0.39 is 0 Å². The Bertz CT molecular complexity index is 219. The lowest BCUT2D eigenvalue weighted by Gasteiger charge is -2.44. The van der Waals surface area contributed by atoms with Crippen molar-refractivity contribution >= 4 is 5.91 Å². The Morgan fingerprint density at radius 1 is 1.50 bits per heavy atom. The Kier molecular flexibility index (Phi) is 2.74.